The summed E-state index contributed by atoms with van der Waals surface area (Å²) in [6.07, 6.45) is 3.04. The van der Waals surface area contributed by atoms with Gasteiger partial charge in [-0.15, -0.1) is 0 Å². The molecule has 0 fully saturated rings. The van der Waals surface area contributed by atoms with Gasteiger partial charge in [0.1, 0.15) is 10.7 Å². The Kier molecular flexibility index (Phi) is 5.83. The van der Waals surface area contributed by atoms with Crippen LogP contribution in [0.1, 0.15) is 11.3 Å². The minimum atomic E-state index is -1.47. The van der Waals surface area contributed by atoms with Gasteiger partial charge in [-0.3, -0.25) is 9.19 Å². The van der Waals surface area contributed by atoms with E-state index >= 15 is 0 Å². The highest BCUT2D eigenvalue weighted by Gasteiger charge is 2.14. The lowest BCUT2D eigenvalue weighted by Gasteiger charge is -2.05. The maximum atomic E-state index is 13.4. The zero-order valence-corrected chi connectivity index (χ0v) is 19.0. The van der Waals surface area contributed by atoms with E-state index in [1.807, 2.05) is 30.3 Å². The van der Waals surface area contributed by atoms with Gasteiger partial charge in [-0.2, -0.15) is 5.10 Å². The van der Waals surface area contributed by atoms with E-state index in [-0.39, 0.29) is 17.3 Å². The number of fused-ring (bicyclic) bond motifs is 1. The van der Waals surface area contributed by atoms with E-state index in [4.69, 9.17) is 11.6 Å². The molecular formula is C23H17ClN6O3S. The Labute approximate surface area is 199 Å². The Hall–Kier alpha value is -4.02. The zero-order chi connectivity index (χ0) is 23.7. The van der Waals surface area contributed by atoms with Crippen molar-refractivity contribution in [2.75, 3.05) is 0 Å². The third-order valence-electron chi connectivity index (χ3n) is 4.91. The Morgan fingerprint density at radius 3 is 2.68 bits per heavy atom. The predicted octanol–water partition coefficient (Wildman–Crippen LogP) is 2.19. The molecule has 5 aromatic rings. The number of rotatable bonds is 5. The average molecular weight is 493 g/mol. The van der Waals surface area contributed by atoms with Gasteiger partial charge < -0.3 is 10.1 Å². The monoisotopic (exact) mass is 492 g/mol. The number of nitrogens with zero attached hydrogens (tertiary/aromatic N) is 4. The number of hydrogen-bond acceptors (Lipinski definition) is 6. The van der Waals surface area contributed by atoms with Crippen LogP contribution in [0.5, 0.6) is 5.88 Å². The van der Waals surface area contributed by atoms with Gasteiger partial charge >= 0.3 is 5.69 Å². The van der Waals surface area contributed by atoms with Crippen LogP contribution < -0.4 is 16.4 Å². The quantitative estimate of drug-likeness (QED) is 0.324. The van der Waals surface area contributed by atoms with Crippen molar-refractivity contribution in [1.82, 2.24) is 24.6 Å². The van der Waals surface area contributed by atoms with Crippen LogP contribution in [0.25, 0.3) is 11.7 Å². The molecule has 0 aliphatic rings. The summed E-state index contributed by atoms with van der Waals surface area (Å²) in [5.41, 5.74) is 1.80. The highest BCUT2D eigenvalue weighted by atomic mass is 35.5. The summed E-state index contributed by atoms with van der Waals surface area (Å²) in [7, 11) is -1.47. The van der Waals surface area contributed by atoms with Crippen LogP contribution >= 0.6 is 11.6 Å². The summed E-state index contributed by atoms with van der Waals surface area (Å²) < 4.78 is 14.8. The Balaban J connectivity index is 1.71. The predicted molar refractivity (Wildman–Crippen MR) is 128 cm³/mol. The van der Waals surface area contributed by atoms with Crippen LogP contribution in [0.3, 0.4) is 0 Å². The molecule has 34 heavy (non-hydrogen) atoms. The largest absolute Gasteiger partial charge is 0.493 e. The molecule has 9 nitrogen and oxygen atoms in total. The van der Waals surface area contributed by atoms with Crippen LogP contribution in [-0.4, -0.2) is 33.9 Å². The Morgan fingerprint density at radius 1 is 1.12 bits per heavy atom. The summed E-state index contributed by atoms with van der Waals surface area (Å²) in [6, 6.07) is 18.1. The topological polar surface area (TPSA) is 128 Å². The van der Waals surface area contributed by atoms with Crippen LogP contribution in [-0.2, 0) is 16.6 Å². The van der Waals surface area contributed by atoms with Gasteiger partial charge in [-0.1, -0.05) is 48.0 Å². The van der Waals surface area contributed by atoms with Crippen molar-refractivity contribution in [1.29, 1.82) is 0 Å². The number of aromatic nitrogens is 5. The zero-order valence-electron chi connectivity index (χ0n) is 17.5. The van der Waals surface area contributed by atoms with Crippen LogP contribution in [0.15, 0.2) is 81.7 Å². The second-order valence-corrected chi connectivity index (χ2v) is 9.18. The number of H-pyrrole nitrogens is 2. The maximum Gasteiger partial charge on any atom is 0.326 e. The first-order valence-electron chi connectivity index (χ1n) is 10.1. The van der Waals surface area contributed by atoms with E-state index in [0.29, 0.717) is 32.1 Å². The van der Waals surface area contributed by atoms with Crippen molar-refractivity contribution < 1.29 is 9.32 Å². The molecule has 0 saturated carbocycles. The molecule has 0 saturated heterocycles. The summed E-state index contributed by atoms with van der Waals surface area (Å²) in [4.78, 5) is 25.4. The number of nitrogens with one attached hydrogen (secondary N) is 2. The summed E-state index contributed by atoms with van der Waals surface area (Å²) in [5.74, 6) is -0.0292. The number of aromatic amines is 2. The van der Waals surface area contributed by atoms with E-state index in [1.54, 1.807) is 30.3 Å². The van der Waals surface area contributed by atoms with Crippen molar-refractivity contribution in [3.05, 3.63) is 104 Å². The Morgan fingerprint density at radius 2 is 1.94 bits per heavy atom. The van der Waals surface area contributed by atoms with E-state index in [2.05, 4.69) is 25.0 Å². The SMILES string of the molecule is O=c1[nH]c(O)c(C=c2cnn3c(S(=O)Cc4ccccc4)cc(=Nc4cccc(Cl)c4)nc23)[nH]1. The number of hydrogen-bond donors (Lipinski definition) is 3. The third-order valence-corrected chi connectivity index (χ3v) is 6.50. The first-order valence-corrected chi connectivity index (χ1v) is 11.8. The van der Waals surface area contributed by atoms with Gasteiger partial charge in [0.15, 0.2) is 11.1 Å². The summed E-state index contributed by atoms with van der Waals surface area (Å²) in [6.45, 7) is 0. The molecule has 1 atom stereocenters. The lowest BCUT2D eigenvalue weighted by molar-refractivity contribution is 0.454. The lowest BCUT2D eigenvalue weighted by Crippen LogP contribution is -2.18. The second kappa shape index (κ2) is 9.08. The van der Waals surface area contributed by atoms with E-state index < -0.39 is 16.5 Å². The average Bonchev–Trinajstić information content (AvgIpc) is 3.36. The molecule has 3 N–H and O–H groups in total. The molecule has 11 heteroatoms. The molecule has 1 unspecified atom stereocenters. The molecular weight excluding hydrogens is 476 g/mol. The van der Waals surface area contributed by atoms with Crippen molar-refractivity contribution in [2.24, 2.45) is 4.99 Å². The molecule has 0 radical (unpaired) electrons. The normalized spacial score (nSPS) is 13.6. The number of imidazole rings is 1. The van der Waals surface area contributed by atoms with Gasteiger partial charge in [0.25, 0.3) is 0 Å². The number of benzene rings is 2. The van der Waals surface area contributed by atoms with E-state index in [1.165, 1.54) is 16.8 Å². The molecule has 170 valence electrons. The molecule has 0 spiro atoms. The molecule has 0 aliphatic carbocycles. The number of halogens is 1. The van der Waals surface area contributed by atoms with E-state index in [9.17, 15) is 14.1 Å². The second-order valence-electron chi connectivity index (χ2n) is 7.34. The fourth-order valence-corrected chi connectivity index (χ4v) is 4.78. The first kappa shape index (κ1) is 21.8. The lowest BCUT2D eigenvalue weighted by atomic mass is 10.2. The molecule has 3 aromatic heterocycles. The molecule has 0 bridgehead atoms. The third kappa shape index (κ3) is 4.54. The van der Waals surface area contributed by atoms with Crippen LogP contribution in [0.4, 0.5) is 5.69 Å². The molecule has 0 amide bonds. The van der Waals surface area contributed by atoms with Gasteiger partial charge in [-0.25, -0.2) is 19.3 Å². The fraction of sp³-hybridized carbons (Fsp3) is 0.0435. The highest BCUT2D eigenvalue weighted by Crippen LogP contribution is 2.17. The molecule has 2 aromatic carbocycles. The van der Waals surface area contributed by atoms with Crippen molar-refractivity contribution >= 4 is 39.8 Å². The van der Waals surface area contributed by atoms with Crippen molar-refractivity contribution in [3.63, 3.8) is 0 Å². The van der Waals surface area contributed by atoms with Gasteiger partial charge in [0, 0.05) is 16.3 Å². The summed E-state index contributed by atoms with van der Waals surface area (Å²) in [5, 5.41) is 15.7. The highest BCUT2D eigenvalue weighted by molar-refractivity contribution is 7.84. The van der Waals surface area contributed by atoms with Crippen LogP contribution in [0.2, 0.25) is 5.02 Å². The smallest absolute Gasteiger partial charge is 0.326 e. The first-order chi connectivity index (χ1) is 16.5. The van der Waals surface area contributed by atoms with Crippen molar-refractivity contribution in [3.8, 4) is 5.88 Å². The molecule has 0 aliphatic heterocycles. The molecule has 3 heterocycles. The fourth-order valence-electron chi connectivity index (χ4n) is 3.39. The van der Waals surface area contributed by atoms with Gasteiger partial charge in [0.05, 0.1) is 28.4 Å². The van der Waals surface area contributed by atoms with E-state index in [0.717, 1.165) is 5.56 Å². The Bertz CT molecular complexity index is 1710. The maximum absolute atomic E-state index is 13.4. The van der Waals surface area contributed by atoms with Gasteiger partial charge in [0.2, 0.25) is 5.88 Å². The summed E-state index contributed by atoms with van der Waals surface area (Å²) >= 11 is 6.09. The molecule has 5 rings (SSSR count). The van der Waals surface area contributed by atoms with Crippen molar-refractivity contribution in [2.45, 2.75) is 10.8 Å². The minimum absolute atomic E-state index is 0.172. The van der Waals surface area contributed by atoms with Crippen LogP contribution in [0, 0.1) is 0 Å². The standard InChI is InChI=1S/C23H17ClN6O3S/c24-16-7-4-8-17(10-16)26-19-11-20(34(33)13-14-5-2-1-3-6-14)30-21(28-19)15(12-25-30)9-18-22(31)29-23(32)27-18/h1-12,31H,13H2,(H2,27,29,32). The van der Waals surface area contributed by atoms with Gasteiger partial charge in [-0.05, 0) is 29.8 Å². The minimum Gasteiger partial charge on any atom is -0.493 e. The number of aromatic hydroxyl groups is 1.